The largest absolute Gasteiger partial charge is 0.256 e. The molecule has 16 heavy (non-hydrogen) atoms. The number of benzene rings is 2. The van der Waals surface area contributed by atoms with E-state index in [0.29, 0.717) is 5.56 Å². The average molecular weight is 213 g/mol. The fourth-order valence-corrected chi connectivity index (χ4v) is 1.42. The Balaban J connectivity index is 2.27. The molecule has 0 heterocycles. The van der Waals surface area contributed by atoms with Gasteiger partial charge < -0.3 is 0 Å². The molecule has 0 aromatic heterocycles. The van der Waals surface area contributed by atoms with Gasteiger partial charge in [0.1, 0.15) is 5.82 Å². The van der Waals surface area contributed by atoms with E-state index in [9.17, 15) is 4.39 Å². The van der Waals surface area contributed by atoms with E-state index >= 15 is 0 Å². The summed E-state index contributed by atoms with van der Waals surface area (Å²) in [5.41, 5.74) is 2.36. The van der Waals surface area contributed by atoms with Crippen molar-refractivity contribution in [3.05, 3.63) is 65.5 Å². The Labute approximate surface area is 94.3 Å². The molecule has 2 aromatic rings. The number of aliphatic imine (C=N–C) groups is 1. The number of halogens is 1. The minimum absolute atomic E-state index is 0.245. The van der Waals surface area contributed by atoms with Crippen molar-refractivity contribution in [1.82, 2.24) is 0 Å². The third kappa shape index (κ3) is 2.54. The summed E-state index contributed by atoms with van der Waals surface area (Å²) in [6, 6.07) is 14.5. The van der Waals surface area contributed by atoms with Crippen LogP contribution in [0.2, 0.25) is 0 Å². The van der Waals surface area contributed by atoms with Gasteiger partial charge in [-0.15, -0.1) is 0 Å². The molecule has 0 radical (unpaired) electrons. The highest BCUT2D eigenvalue weighted by molar-refractivity contribution is 5.82. The van der Waals surface area contributed by atoms with Gasteiger partial charge >= 0.3 is 0 Å². The van der Waals surface area contributed by atoms with Crippen molar-refractivity contribution in [3.63, 3.8) is 0 Å². The predicted octanol–water partition coefficient (Wildman–Crippen LogP) is 3.88. The molecule has 2 rings (SSSR count). The summed E-state index contributed by atoms with van der Waals surface area (Å²) >= 11 is 0. The van der Waals surface area contributed by atoms with Crippen LogP contribution in [0.5, 0.6) is 0 Å². The molecule has 0 unspecified atom stereocenters. The molecule has 2 heteroatoms. The van der Waals surface area contributed by atoms with Crippen LogP contribution in [0.25, 0.3) is 0 Å². The Bertz CT molecular complexity index is 503. The molecular weight excluding hydrogens is 201 g/mol. The van der Waals surface area contributed by atoms with Gasteiger partial charge in [0.2, 0.25) is 0 Å². The van der Waals surface area contributed by atoms with E-state index in [2.05, 4.69) is 4.99 Å². The van der Waals surface area contributed by atoms with Crippen LogP contribution in [0.15, 0.2) is 53.5 Å². The summed E-state index contributed by atoms with van der Waals surface area (Å²) in [6.45, 7) is 1.93. The zero-order chi connectivity index (χ0) is 11.4. The van der Waals surface area contributed by atoms with Crippen molar-refractivity contribution in [3.8, 4) is 0 Å². The van der Waals surface area contributed by atoms with E-state index < -0.39 is 0 Å². The highest BCUT2D eigenvalue weighted by Gasteiger charge is 1.98. The van der Waals surface area contributed by atoms with Gasteiger partial charge in [0.25, 0.3) is 0 Å². The van der Waals surface area contributed by atoms with Crippen molar-refractivity contribution in [1.29, 1.82) is 0 Å². The predicted molar refractivity (Wildman–Crippen MR) is 64.8 cm³/mol. The lowest BCUT2D eigenvalue weighted by atomic mass is 10.1. The number of hydrogen-bond acceptors (Lipinski definition) is 1. The van der Waals surface area contributed by atoms with E-state index in [1.807, 2.05) is 37.3 Å². The summed E-state index contributed by atoms with van der Waals surface area (Å²) in [7, 11) is 0. The Kier molecular flexibility index (Phi) is 3.10. The first-order chi connectivity index (χ1) is 7.75. The minimum atomic E-state index is -0.245. The Morgan fingerprint density at radius 3 is 2.56 bits per heavy atom. The molecular formula is C14H12FN. The maximum absolute atomic E-state index is 13.4. The number of para-hydroxylation sites is 1. The summed E-state index contributed by atoms with van der Waals surface area (Å²) < 4.78 is 13.4. The lowest BCUT2D eigenvalue weighted by Gasteiger charge is -1.98. The SMILES string of the molecule is Cc1ccc(F)c(/C=N/c2ccccc2)c1. The van der Waals surface area contributed by atoms with Crippen LogP contribution in [-0.4, -0.2) is 6.21 Å². The molecule has 1 nitrogen and oxygen atoms in total. The molecule has 0 amide bonds. The second kappa shape index (κ2) is 4.71. The van der Waals surface area contributed by atoms with Crippen molar-refractivity contribution in [2.24, 2.45) is 4.99 Å². The molecule has 0 saturated heterocycles. The molecule has 0 aliphatic heterocycles. The lowest BCUT2D eigenvalue weighted by Crippen LogP contribution is -1.88. The number of rotatable bonds is 2. The Morgan fingerprint density at radius 1 is 1.06 bits per heavy atom. The van der Waals surface area contributed by atoms with Crippen LogP contribution < -0.4 is 0 Å². The highest BCUT2D eigenvalue weighted by Crippen LogP contribution is 2.12. The average Bonchev–Trinajstić information content (AvgIpc) is 2.32. The van der Waals surface area contributed by atoms with Crippen LogP contribution >= 0.6 is 0 Å². The van der Waals surface area contributed by atoms with Crippen LogP contribution in [-0.2, 0) is 0 Å². The fourth-order valence-electron chi connectivity index (χ4n) is 1.42. The second-order valence-electron chi connectivity index (χ2n) is 3.62. The van der Waals surface area contributed by atoms with Gasteiger partial charge in [-0.05, 0) is 31.2 Å². The quantitative estimate of drug-likeness (QED) is 0.671. The van der Waals surface area contributed by atoms with Gasteiger partial charge in [0.15, 0.2) is 0 Å². The van der Waals surface area contributed by atoms with E-state index in [1.165, 1.54) is 6.07 Å². The van der Waals surface area contributed by atoms with E-state index in [-0.39, 0.29) is 5.82 Å². The molecule has 0 atom stereocenters. The monoisotopic (exact) mass is 213 g/mol. The smallest absolute Gasteiger partial charge is 0.131 e. The number of hydrogen-bond donors (Lipinski definition) is 0. The van der Waals surface area contributed by atoms with Crippen molar-refractivity contribution in [2.75, 3.05) is 0 Å². The third-order valence-electron chi connectivity index (χ3n) is 2.26. The maximum Gasteiger partial charge on any atom is 0.131 e. The molecule has 80 valence electrons. The molecule has 0 N–H and O–H groups in total. The van der Waals surface area contributed by atoms with Crippen molar-refractivity contribution >= 4 is 11.9 Å². The van der Waals surface area contributed by atoms with Crippen molar-refractivity contribution < 1.29 is 4.39 Å². The molecule has 0 fully saturated rings. The standard InChI is InChI=1S/C14H12FN/c1-11-7-8-14(15)12(9-11)10-16-13-5-3-2-4-6-13/h2-10H,1H3/b16-10+. The molecule has 0 bridgehead atoms. The van der Waals surface area contributed by atoms with Gasteiger partial charge in [-0.3, -0.25) is 4.99 Å². The first-order valence-corrected chi connectivity index (χ1v) is 5.11. The normalized spacial score (nSPS) is 10.9. The molecule has 0 saturated carbocycles. The van der Waals surface area contributed by atoms with Gasteiger partial charge in [0.05, 0.1) is 5.69 Å². The summed E-state index contributed by atoms with van der Waals surface area (Å²) in [5.74, 6) is -0.245. The first-order valence-electron chi connectivity index (χ1n) is 5.11. The lowest BCUT2D eigenvalue weighted by molar-refractivity contribution is 0.625. The molecule has 0 aliphatic rings. The van der Waals surface area contributed by atoms with Crippen LogP contribution in [0.4, 0.5) is 10.1 Å². The van der Waals surface area contributed by atoms with Gasteiger partial charge in [0, 0.05) is 11.8 Å². The second-order valence-corrected chi connectivity index (χ2v) is 3.62. The van der Waals surface area contributed by atoms with Crippen LogP contribution in [0.3, 0.4) is 0 Å². The summed E-state index contributed by atoms with van der Waals surface area (Å²) in [5, 5.41) is 0. The molecule has 2 aromatic carbocycles. The summed E-state index contributed by atoms with van der Waals surface area (Å²) in [4.78, 5) is 4.21. The van der Waals surface area contributed by atoms with Gasteiger partial charge in [-0.1, -0.05) is 29.8 Å². The Hall–Kier alpha value is -1.96. The Morgan fingerprint density at radius 2 is 1.81 bits per heavy atom. The fraction of sp³-hybridized carbons (Fsp3) is 0.0714. The third-order valence-corrected chi connectivity index (χ3v) is 2.26. The van der Waals surface area contributed by atoms with Gasteiger partial charge in [-0.25, -0.2) is 4.39 Å². The zero-order valence-electron chi connectivity index (χ0n) is 9.02. The molecule has 0 aliphatic carbocycles. The number of nitrogens with zero attached hydrogens (tertiary/aromatic N) is 1. The van der Waals surface area contributed by atoms with Crippen molar-refractivity contribution in [2.45, 2.75) is 6.92 Å². The summed E-state index contributed by atoms with van der Waals surface area (Å²) in [6.07, 6.45) is 1.55. The minimum Gasteiger partial charge on any atom is -0.256 e. The molecule has 0 spiro atoms. The van der Waals surface area contributed by atoms with E-state index in [1.54, 1.807) is 18.3 Å². The van der Waals surface area contributed by atoms with Crippen LogP contribution in [0.1, 0.15) is 11.1 Å². The maximum atomic E-state index is 13.4. The van der Waals surface area contributed by atoms with Gasteiger partial charge in [-0.2, -0.15) is 0 Å². The van der Waals surface area contributed by atoms with E-state index in [0.717, 1.165) is 11.3 Å². The topological polar surface area (TPSA) is 12.4 Å². The number of aryl methyl sites for hydroxylation is 1. The van der Waals surface area contributed by atoms with Crippen LogP contribution in [0, 0.1) is 12.7 Å². The highest BCUT2D eigenvalue weighted by atomic mass is 19.1. The zero-order valence-corrected chi connectivity index (χ0v) is 9.02. The first kappa shape index (κ1) is 10.6. The van der Waals surface area contributed by atoms with E-state index in [4.69, 9.17) is 0 Å².